The second kappa shape index (κ2) is 11.6. The minimum absolute atomic E-state index is 0. The van der Waals surface area contributed by atoms with Gasteiger partial charge in [0.05, 0.1) is 0 Å². The second-order valence-electron chi connectivity index (χ2n) is 7.69. The van der Waals surface area contributed by atoms with Gasteiger partial charge in [0.1, 0.15) is 0 Å². The third-order valence-corrected chi connectivity index (χ3v) is 5.60. The lowest BCUT2D eigenvalue weighted by Crippen LogP contribution is -2.43. The first-order valence-corrected chi connectivity index (χ1v) is 10.2. The van der Waals surface area contributed by atoms with Crippen LogP contribution in [-0.2, 0) is 11.3 Å². The number of anilines is 1. The van der Waals surface area contributed by atoms with Crippen LogP contribution >= 0.6 is 24.0 Å². The number of nitrogens with one attached hydrogen (secondary N) is 2. The van der Waals surface area contributed by atoms with E-state index in [2.05, 4.69) is 39.6 Å². The van der Waals surface area contributed by atoms with Gasteiger partial charge in [-0.15, -0.1) is 24.0 Å². The highest BCUT2D eigenvalue weighted by Gasteiger charge is 2.21. The van der Waals surface area contributed by atoms with Crippen LogP contribution in [0.25, 0.3) is 0 Å². The quantitative estimate of drug-likeness (QED) is 0.359. The molecule has 2 heterocycles. The minimum atomic E-state index is 0. The molecule has 2 saturated heterocycles. The highest BCUT2D eigenvalue weighted by atomic mass is 127. The number of hydrogen-bond donors (Lipinski definition) is 2. The van der Waals surface area contributed by atoms with E-state index in [1.165, 1.54) is 31.5 Å². The molecule has 3 rings (SSSR count). The third-order valence-electron chi connectivity index (χ3n) is 5.60. The number of carbonyl (C=O) groups is 1. The minimum Gasteiger partial charge on any atom is -0.355 e. The molecule has 6 nitrogen and oxygen atoms in total. The summed E-state index contributed by atoms with van der Waals surface area (Å²) in [4.78, 5) is 20.5. The number of hydrogen-bond acceptors (Lipinski definition) is 3. The summed E-state index contributed by atoms with van der Waals surface area (Å²) < 4.78 is 0. The molecule has 1 amide bonds. The van der Waals surface area contributed by atoms with Crippen LogP contribution in [0.1, 0.15) is 38.2 Å². The van der Waals surface area contributed by atoms with E-state index in [0.717, 1.165) is 50.2 Å². The van der Waals surface area contributed by atoms with Crippen molar-refractivity contribution >= 4 is 41.5 Å². The molecule has 0 bridgehead atoms. The molecule has 156 valence electrons. The van der Waals surface area contributed by atoms with Gasteiger partial charge in [-0.1, -0.05) is 19.1 Å². The van der Waals surface area contributed by atoms with E-state index in [1.54, 1.807) is 7.05 Å². The monoisotopic (exact) mass is 499 g/mol. The van der Waals surface area contributed by atoms with Gasteiger partial charge in [0.2, 0.25) is 5.91 Å². The van der Waals surface area contributed by atoms with Gasteiger partial charge in [-0.05, 0) is 56.0 Å². The summed E-state index contributed by atoms with van der Waals surface area (Å²) in [7, 11) is 1.81. The van der Waals surface area contributed by atoms with Crippen molar-refractivity contribution in [1.82, 2.24) is 15.5 Å². The molecular formula is C21H34IN5O. The van der Waals surface area contributed by atoms with Crippen LogP contribution in [0, 0.1) is 5.92 Å². The number of rotatable bonds is 6. The highest BCUT2D eigenvalue weighted by molar-refractivity contribution is 14.0. The molecule has 28 heavy (non-hydrogen) atoms. The van der Waals surface area contributed by atoms with Crippen molar-refractivity contribution in [2.45, 2.75) is 39.2 Å². The zero-order valence-electron chi connectivity index (χ0n) is 17.1. The van der Waals surface area contributed by atoms with Gasteiger partial charge in [0.25, 0.3) is 0 Å². The summed E-state index contributed by atoms with van der Waals surface area (Å²) in [6, 6.07) is 8.23. The Bertz CT molecular complexity index is 641. The van der Waals surface area contributed by atoms with Crippen LogP contribution in [0.2, 0.25) is 0 Å². The molecular weight excluding hydrogens is 465 g/mol. The number of benzene rings is 1. The average molecular weight is 499 g/mol. The Labute approximate surface area is 186 Å². The standard InChI is InChI=1S/C21H33N5O.HI/c1-17-9-13-25(14-10-17)15-11-23-21(22-2)24-16-18-5-7-19(8-6-18)26-12-3-4-20(26)27;/h5-8,17H,3-4,9-16H2,1-2H3,(H2,22,23,24);1H. The first-order chi connectivity index (χ1) is 13.2. The van der Waals surface area contributed by atoms with Crippen molar-refractivity contribution in [1.29, 1.82) is 0 Å². The Morgan fingerprint density at radius 2 is 1.86 bits per heavy atom. The van der Waals surface area contributed by atoms with Crippen molar-refractivity contribution in [3.05, 3.63) is 29.8 Å². The van der Waals surface area contributed by atoms with Crippen molar-refractivity contribution < 1.29 is 4.79 Å². The molecule has 0 aliphatic carbocycles. The Morgan fingerprint density at radius 3 is 2.46 bits per heavy atom. The van der Waals surface area contributed by atoms with Gasteiger partial charge in [-0.25, -0.2) is 0 Å². The van der Waals surface area contributed by atoms with E-state index in [1.807, 2.05) is 17.0 Å². The summed E-state index contributed by atoms with van der Waals surface area (Å²) in [6.45, 7) is 8.28. The van der Waals surface area contributed by atoms with Gasteiger partial charge in [0, 0.05) is 45.3 Å². The summed E-state index contributed by atoms with van der Waals surface area (Å²) in [6.07, 6.45) is 4.25. The first kappa shape index (κ1) is 22.9. The van der Waals surface area contributed by atoms with Crippen LogP contribution in [0.3, 0.4) is 0 Å². The first-order valence-electron chi connectivity index (χ1n) is 10.2. The van der Waals surface area contributed by atoms with Crippen LogP contribution < -0.4 is 15.5 Å². The predicted molar refractivity (Wildman–Crippen MR) is 126 cm³/mol. The SMILES string of the molecule is CN=C(NCCN1CCC(C)CC1)NCc1ccc(N2CCCC2=O)cc1.I. The number of halogens is 1. The maximum Gasteiger partial charge on any atom is 0.227 e. The largest absolute Gasteiger partial charge is 0.355 e. The fourth-order valence-corrected chi connectivity index (χ4v) is 3.74. The van der Waals surface area contributed by atoms with Crippen molar-refractivity contribution in [2.75, 3.05) is 44.7 Å². The van der Waals surface area contributed by atoms with Crippen LogP contribution in [0.5, 0.6) is 0 Å². The Morgan fingerprint density at radius 1 is 1.14 bits per heavy atom. The summed E-state index contributed by atoms with van der Waals surface area (Å²) in [5.74, 6) is 1.94. The lowest BCUT2D eigenvalue weighted by molar-refractivity contribution is -0.117. The molecule has 0 unspecified atom stereocenters. The van der Waals surface area contributed by atoms with E-state index >= 15 is 0 Å². The van der Waals surface area contributed by atoms with Crippen molar-refractivity contribution in [2.24, 2.45) is 10.9 Å². The normalized spacial score (nSPS) is 18.9. The molecule has 1 aromatic carbocycles. The third kappa shape index (κ3) is 6.62. The fraction of sp³-hybridized carbons (Fsp3) is 0.619. The molecule has 2 N–H and O–H groups in total. The molecule has 2 aliphatic rings. The smallest absolute Gasteiger partial charge is 0.227 e. The van der Waals surface area contributed by atoms with Gasteiger partial charge in [0.15, 0.2) is 5.96 Å². The molecule has 2 aliphatic heterocycles. The predicted octanol–water partition coefficient (Wildman–Crippen LogP) is 2.83. The lowest BCUT2D eigenvalue weighted by atomic mass is 9.99. The van der Waals surface area contributed by atoms with Gasteiger partial charge >= 0.3 is 0 Å². The molecule has 0 saturated carbocycles. The van der Waals surface area contributed by atoms with Crippen LogP contribution in [0.4, 0.5) is 5.69 Å². The zero-order chi connectivity index (χ0) is 19.1. The molecule has 0 radical (unpaired) electrons. The molecule has 0 aromatic heterocycles. The van der Waals surface area contributed by atoms with Gasteiger partial charge < -0.3 is 20.4 Å². The van der Waals surface area contributed by atoms with Crippen LogP contribution in [-0.4, -0.2) is 56.5 Å². The Balaban J connectivity index is 0.00000280. The molecule has 2 fully saturated rings. The van der Waals surface area contributed by atoms with Crippen LogP contribution in [0.15, 0.2) is 29.3 Å². The maximum absolute atomic E-state index is 11.8. The van der Waals surface area contributed by atoms with E-state index in [9.17, 15) is 4.79 Å². The van der Waals surface area contributed by atoms with Crippen molar-refractivity contribution in [3.63, 3.8) is 0 Å². The van der Waals surface area contributed by atoms with E-state index in [4.69, 9.17) is 0 Å². The molecule has 0 atom stereocenters. The maximum atomic E-state index is 11.8. The number of likely N-dealkylation sites (tertiary alicyclic amines) is 1. The topological polar surface area (TPSA) is 60.0 Å². The summed E-state index contributed by atoms with van der Waals surface area (Å²) in [5.41, 5.74) is 2.18. The van der Waals surface area contributed by atoms with Gasteiger partial charge in [-0.2, -0.15) is 0 Å². The number of guanidine groups is 1. The number of carbonyl (C=O) groups excluding carboxylic acids is 1. The average Bonchev–Trinajstić information content (AvgIpc) is 3.12. The summed E-state index contributed by atoms with van der Waals surface area (Å²) in [5, 5.41) is 6.77. The molecule has 7 heteroatoms. The number of piperidine rings is 1. The number of amides is 1. The van der Waals surface area contributed by atoms with E-state index in [-0.39, 0.29) is 29.9 Å². The molecule has 0 spiro atoms. The van der Waals surface area contributed by atoms with E-state index < -0.39 is 0 Å². The summed E-state index contributed by atoms with van der Waals surface area (Å²) >= 11 is 0. The Hall–Kier alpha value is -1.35. The zero-order valence-corrected chi connectivity index (χ0v) is 19.4. The fourth-order valence-electron chi connectivity index (χ4n) is 3.74. The van der Waals surface area contributed by atoms with E-state index in [0.29, 0.717) is 6.42 Å². The number of nitrogens with zero attached hydrogens (tertiary/aromatic N) is 3. The van der Waals surface area contributed by atoms with Crippen molar-refractivity contribution in [3.8, 4) is 0 Å². The lowest BCUT2D eigenvalue weighted by Gasteiger charge is -2.30. The van der Waals surface area contributed by atoms with Gasteiger partial charge in [-0.3, -0.25) is 9.79 Å². The Kier molecular flexibility index (Phi) is 9.50. The highest BCUT2D eigenvalue weighted by Crippen LogP contribution is 2.21. The number of aliphatic imine (C=N–C) groups is 1. The second-order valence-corrected chi connectivity index (χ2v) is 7.69. The molecule has 1 aromatic rings.